The molecule has 2 aromatic carbocycles. The van der Waals surface area contributed by atoms with Gasteiger partial charge in [0.15, 0.2) is 11.7 Å². The molecule has 2 unspecified atom stereocenters. The Labute approximate surface area is 152 Å². The van der Waals surface area contributed by atoms with Crippen LogP contribution in [0.2, 0.25) is 0 Å². The van der Waals surface area contributed by atoms with E-state index in [0.717, 1.165) is 11.1 Å². The molecule has 1 aliphatic rings. The van der Waals surface area contributed by atoms with E-state index >= 15 is 0 Å². The number of carbonyl (C=O) groups is 3. The van der Waals surface area contributed by atoms with Crippen molar-refractivity contribution < 1.29 is 14.4 Å². The Morgan fingerprint density at radius 2 is 1.92 bits per heavy atom. The number of ketones is 1. The summed E-state index contributed by atoms with van der Waals surface area (Å²) in [5, 5.41) is 5.36. The maximum Gasteiger partial charge on any atom is 0.244 e. The molecule has 0 aliphatic carbocycles. The van der Waals surface area contributed by atoms with Crippen LogP contribution >= 0.6 is 0 Å². The SMILES string of the molecule is C=Cc1cccc(NC(=O)C2C(=O)NC(C)(Cc3ccccc3)C2=O)c1. The van der Waals surface area contributed by atoms with Crippen molar-refractivity contribution in [3.05, 3.63) is 72.3 Å². The fourth-order valence-corrected chi connectivity index (χ4v) is 3.17. The topological polar surface area (TPSA) is 75.3 Å². The van der Waals surface area contributed by atoms with Gasteiger partial charge in [0.25, 0.3) is 0 Å². The molecule has 0 radical (unpaired) electrons. The Bertz CT molecular complexity index is 876. The van der Waals surface area contributed by atoms with Gasteiger partial charge in [-0.1, -0.05) is 55.1 Å². The molecule has 2 aromatic rings. The zero-order valence-corrected chi connectivity index (χ0v) is 14.5. The van der Waals surface area contributed by atoms with Crippen molar-refractivity contribution >= 4 is 29.4 Å². The third-order valence-electron chi connectivity index (χ3n) is 4.52. The lowest BCUT2D eigenvalue weighted by molar-refractivity contribution is -0.135. The molecular weight excluding hydrogens is 328 g/mol. The Hall–Kier alpha value is -3.21. The van der Waals surface area contributed by atoms with Gasteiger partial charge in [0.1, 0.15) is 5.54 Å². The molecule has 2 atom stereocenters. The second kappa shape index (κ2) is 6.96. The largest absolute Gasteiger partial charge is 0.342 e. The Morgan fingerprint density at radius 3 is 2.62 bits per heavy atom. The van der Waals surface area contributed by atoms with Crippen molar-refractivity contribution in [3.63, 3.8) is 0 Å². The fraction of sp³-hybridized carbons (Fsp3) is 0.190. The minimum atomic E-state index is -1.35. The summed E-state index contributed by atoms with van der Waals surface area (Å²) in [5.74, 6) is -2.95. The second-order valence-corrected chi connectivity index (χ2v) is 6.60. The molecule has 0 spiro atoms. The molecule has 0 bridgehead atoms. The number of benzene rings is 2. The van der Waals surface area contributed by atoms with E-state index in [4.69, 9.17) is 0 Å². The van der Waals surface area contributed by atoms with E-state index in [0.29, 0.717) is 12.1 Å². The van der Waals surface area contributed by atoms with Crippen LogP contribution in [0.5, 0.6) is 0 Å². The monoisotopic (exact) mass is 348 g/mol. The minimum absolute atomic E-state index is 0.341. The molecule has 26 heavy (non-hydrogen) atoms. The van der Waals surface area contributed by atoms with E-state index in [1.165, 1.54) is 0 Å². The van der Waals surface area contributed by atoms with Crippen molar-refractivity contribution in [1.82, 2.24) is 5.32 Å². The van der Waals surface area contributed by atoms with Crippen LogP contribution in [0, 0.1) is 5.92 Å². The molecule has 1 saturated heterocycles. The number of hydrogen-bond acceptors (Lipinski definition) is 3. The van der Waals surface area contributed by atoms with Crippen LogP contribution in [0.25, 0.3) is 6.08 Å². The standard InChI is InChI=1S/C21H20N2O3/c1-3-14-10-7-11-16(12-14)22-19(25)17-18(24)21(2,23-20(17)26)13-15-8-5-4-6-9-15/h3-12,17H,1,13H2,2H3,(H,22,25)(H,23,26). The highest BCUT2D eigenvalue weighted by atomic mass is 16.2. The summed E-state index contributed by atoms with van der Waals surface area (Å²) in [6, 6.07) is 16.4. The summed E-state index contributed by atoms with van der Waals surface area (Å²) < 4.78 is 0. The van der Waals surface area contributed by atoms with Crippen molar-refractivity contribution in [1.29, 1.82) is 0 Å². The van der Waals surface area contributed by atoms with Gasteiger partial charge in [-0.3, -0.25) is 14.4 Å². The van der Waals surface area contributed by atoms with Crippen molar-refractivity contribution in [2.24, 2.45) is 5.92 Å². The minimum Gasteiger partial charge on any atom is -0.342 e. The van der Waals surface area contributed by atoms with E-state index in [2.05, 4.69) is 17.2 Å². The van der Waals surface area contributed by atoms with E-state index in [1.807, 2.05) is 36.4 Å². The molecule has 2 amide bonds. The van der Waals surface area contributed by atoms with Gasteiger partial charge in [-0.15, -0.1) is 0 Å². The average Bonchev–Trinajstić information content (AvgIpc) is 2.84. The first-order valence-electron chi connectivity index (χ1n) is 8.36. The first-order chi connectivity index (χ1) is 12.4. The van der Waals surface area contributed by atoms with Crippen LogP contribution in [0.15, 0.2) is 61.2 Å². The van der Waals surface area contributed by atoms with Crippen molar-refractivity contribution in [2.45, 2.75) is 18.9 Å². The van der Waals surface area contributed by atoms with Crippen LogP contribution in [0.1, 0.15) is 18.1 Å². The molecule has 1 aliphatic heterocycles. The fourth-order valence-electron chi connectivity index (χ4n) is 3.17. The number of rotatable bonds is 5. The zero-order chi connectivity index (χ0) is 18.7. The second-order valence-electron chi connectivity index (χ2n) is 6.60. The number of amides is 2. The molecule has 3 rings (SSSR count). The van der Waals surface area contributed by atoms with E-state index < -0.39 is 29.1 Å². The summed E-state index contributed by atoms with van der Waals surface area (Å²) in [4.78, 5) is 37.7. The van der Waals surface area contributed by atoms with E-state index in [1.54, 1.807) is 31.2 Å². The lowest BCUT2D eigenvalue weighted by Crippen LogP contribution is -2.45. The van der Waals surface area contributed by atoms with E-state index in [9.17, 15) is 14.4 Å². The maximum absolute atomic E-state index is 12.8. The number of Topliss-reactive ketones (excluding diaryl/α,β-unsaturated/α-hetero) is 1. The predicted octanol–water partition coefficient (Wildman–Crippen LogP) is 2.58. The molecule has 5 nitrogen and oxygen atoms in total. The Morgan fingerprint density at radius 1 is 1.19 bits per heavy atom. The van der Waals surface area contributed by atoms with Crippen LogP contribution in [-0.4, -0.2) is 23.1 Å². The summed E-state index contributed by atoms with van der Waals surface area (Å²) in [7, 11) is 0. The number of carbonyl (C=O) groups excluding carboxylic acids is 3. The van der Waals surface area contributed by atoms with Gasteiger partial charge in [-0.2, -0.15) is 0 Å². The summed E-state index contributed by atoms with van der Waals surface area (Å²) in [5.41, 5.74) is 1.18. The Balaban J connectivity index is 1.77. The van der Waals surface area contributed by atoms with Gasteiger partial charge in [-0.05, 0) is 30.2 Å². The van der Waals surface area contributed by atoms with Crippen molar-refractivity contribution in [3.8, 4) is 0 Å². The molecule has 2 N–H and O–H groups in total. The molecule has 1 heterocycles. The van der Waals surface area contributed by atoms with E-state index in [-0.39, 0.29) is 0 Å². The lowest BCUT2D eigenvalue weighted by Gasteiger charge is -2.22. The van der Waals surface area contributed by atoms with Gasteiger partial charge in [-0.25, -0.2) is 0 Å². The quantitative estimate of drug-likeness (QED) is 0.816. The number of hydrogen-bond donors (Lipinski definition) is 2. The van der Waals surface area contributed by atoms with Gasteiger partial charge in [0, 0.05) is 12.1 Å². The molecular formula is C21H20N2O3. The molecule has 132 valence electrons. The number of nitrogens with one attached hydrogen (secondary N) is 2. The molecule has 1 fully saturated rings. The number of anilines is 1. The highest BCUT2D eigenvalue weighted by molar-refractivity contribution is 6.27. The third kappa shape index (κ3) is 3.42. The Kier molecular flexibility index (Phi) is 4.71. The first-order valence-corrected chi connectivity index (χ1v) is 8.36. The van der Waals surface area contributed by atoms with Gasteiger partial charge in [0.2, 0.25) is 11.8 Å². The summed E-state index contributed by atoms with van der Waals surface area (Å²) in [6.45, 7) is 5.34. The molecule has 0 aromatic heterocycles. The first kappa shape index (κ1) is 17.6. The molecule has 0 saturated carbocycles. The highest BCUT2D eigenvalue weighted by Crippen LogP contribution is 2.26. The van der Waals surface area contributed by atoms with Gasteiger partial charge < -0.3 is 10.6 Å². The van der Waals surface area contributed by atoms with Gasteiger partial charge in [0.05, 0.1) is 0 Å². The van der Waals surface area contributed by atoms with Crippen LogP contribution in [0.3, 0.4) is 0 Å². The molecule has 5 heteroatoms. The normalized spacial score (nSPS) is 22.0. The van der Waals surface area contributed by atoms with Crippen LogP contribution in [0.4, 0.5) is 5.69 Å². The third-order valence-corrected chi connectivity index (χ3v) is 4.52. The summed E-state index contributed by atoms with van der Waals surface area (Å²) in [6.07, 6.45) is 1.99. The smallest absolute Gasteiger partial charge is 0.244 e. The predicted molar refractivity (Wildman–Crippen MR) is 100 cm³/mol. The lowest BCUT2D eigenvalue weighted by atomic mass is 9.86. The highest BCUT2D eigenvalue weighted by Gasteiger charge is 2.52. The van der Waals surface area contributed by atoms with Gasteiger partial charge >= 0.3 is 0 Å². The van der Waals surface area contributed by atoms with Crippen LogP contribution in [-0.2, 0) is 20.8 Å². The van der Waals surface area contributed by atoms with Crippen LogP contribution < -0.4 is 10.6 Å². The summed E-state index contributed by atoms with van der Waals surface area (Å²) >= 11 is 0. The average molecular weight is 348 g/mol. The van der Waals surface area contributed by atoms with Crippen molar-refractivity contribution in [2.75, 3.05) is 5.32 Å². The zero-order valence-electron chi connectivity index (χ0n) is 14.5. The maximum atomic E-state index is 12.8.